The maximum absolute atomic E-state index is 12.3. The smallest absolute Gasteiger partial charge is 0.238 e. The van der Waals surface area contributed by atoms with Crippen LogP contribution in [0.4, 0.5) is 0 Å². The lowest BCUT2D eigenvalue weighted by Crippen LogP contribution is -2.46. The van der Waals surface area contributed by atoms with E-state index in [1.807, 2.05) is 37.3 Å². The molecule has 1 N–H and O–H groups in total. The summed E-state index contributed by atoms with van der Waals surface area (Å²) in [4.78, 5) is 12.3. The Hall–Kier alpha value is -1.40. The first-order valence-electron chi connectivity index (χ1n) is 7.35. The van der Waals surface area contributed by atoms with E-state index < -0.39 is 16.1 Å². The van der Waals surface area contributed by atoms with E-state index in [9.17, 15) is 13.2 Å². The van der Waals surface area contributed by atoms with Gasteiger partial charge in [0.1, 0.15) is 6.04 Å². The van der Waals surface area contributed by atoms with Gasteiger partial charge in [-0.3, -0.25) is 4.79 Å². The van der Waals surface area contributed by atoms with Crippen molar-refractivity contribution in [2.45, 2.75) is 38.8 Å². The van der Waals surface area contributed by atoms with Crippen molar-refractivity contribution >= 4 is 15.9 Å². The summed E-state index contributed by atoms with van der Waals surface area (Å²) in [7, 11) is -3.31. The number of hydrogen-bond donors (Lipinski definition) is 1. The third-order valence-corrected chi connectivity index (χ3v) is 5.71. The first kappa shape index (κ1) is 16.0. The summed E-state index contributed by atoms with van der Waals surface area (Å²) in [6, 6.07) is 9.05. The minimum absolute atomic E-state index is 0.107. The lowest BCUT2D eigenvalue weighted by molar-refractivity contribution is -0.124. The van der Waals surface area contributed by atoms with E-state index in [-0.39, 0.29) is 11.7 Å². The Labute approximate surface area is 126 Å². The number of hydrogen-bond acceptors (Lipinski definition) is 3. The Morgan fingerprint density at radius 2 is 2.05 bits per heavy atom. The molecule has 1 aliphatic rings. The van der Waals surface area contributed by atoms with Gasteiger partial charge in [-0.15, -0.1) is 0 Å². The van der Waals surface area contributed by atoms with Gasteiger partial charge in [-0.05, 0) is 24.8 Å². The molecule has 0 spiro atoms. The predicted molar refractivity (Wildman–Crippen MR) is 82.1 cm³/mol. The standard InChI is InChI=1S/C15H22N2O3S/c1-2-11-21(19,20)17-10-6-9-14(17)15(18)16-12-13-7-4-3-5-8-13/h3-5,7-8,14H,2,6,9-12H2,1H3,(H,16,18). The first-order valence-corrected chi connectivity index (χ1v) is 8.96. The van der Waals surface area contributed by atoms with E-state index in [0.717, 1.165) is 12.0 Å². The molecule has 0 radical (unpaired) electrons. The maximum Gasteiger partial charge on any atom is 0.238 e. The van der Waals surface area contributed by atoms with Crippen LogP contribution in [0, 0.1) is 0 Å². The highest BCUT2D eigenvalue weighted by Gasteiger charge is 2.37. The van der Waals surface area contributed by atoms with Crippen molar-refractivity contribution in [3.63, 3.8) is 0 Å². The second-order valence-corrected chi connectivity index (χ2v) is 7.33. The van der Waals surface area contributed by atoms with Gasteiger partial charge >= 0.3 is 0 Å². The van der Waals surface area contributed by atoms with Crippen LogP contribution >= 0.6 is 0 Å². The number of carbonyl (C=O) groups excluding carboxylic acids is 1. The topological polar surface area (TPSA) is 66.5 Å². The predicted octanol–water partition coefficient (Wildman–Crippen LogP) is 1.51. The molecule has 0 aromatic heterocycles. The van der Waals surface area contributed by atoms with Gasteiger partial charge < -0.3 is 5.32 Å². The molecule has 1 aromatic rings. The highest BCUT2D eigenvalue weighted by atomic mass is 32.2. The molecule has 1 aliphatic heterocycles. The fraction of sp³-hybridized carbons (Fsp3) is 0.533. The van der Waals surface area contributed by atoms with Crippen molar-refractivity contribution in [3.8, 4) is 0 Å². The number of rotatable bonds is 6. The second-order valence-electron chi connectivity index (χ2n) is 5.29. The van der Waals surface area contributed by atoms with Crippen molar-refractivity contribution < 1.29 is 13.2 Å². The number of carbonyl (C=O) groups is 1. The fourth-order valence-corrected chi connectivity index (χ4v) is 4.36. The number of nitrogens with one attached hydrogen (secondary N) is 1. The minimum Gasteiger partial charge on any atom is -0.351 e. The molecule has 0 saturated carbocycles. The SMILES string of the molecule is CCCS(=O)(=O)N1CCCC1C(=O)NCc1ccccc1. The quantitative estimate of drug-likeness (QED) is 0.866. The average molecular weight is 310 g/mol. The van der Waals surface area contributed by atoms with Crippen LogP contribution in [0.1, 0.15) is 31.7 Å². The van der Waals surface area contributed by atoms with Crippen molar-refractivity contribution in [2.75, 3.05) is 12.3 Å². The van der Waals surface area contributed by atoms with Crippen LogP contribution in [-0.4, -0.2) is 37.0 Å². The summed E-state index contributed by atoms with van der Waals surface area (Å²) >= 11 is 0. The van der Waals surface area contributed by atoms with Crippen LogP contribution in [-0.2, 0) is 21.4 Å². The lowest BCUT2D eigenvalue weighted by Gasteiger charge is -2.23. The van der Waals surface area contributed by atoms with Gasteiger partial charge in [-0.2, -0.15) is 4.31 Å². The Morgan fingerprint density at radius 3 is 2.71 bits per heavy atom. The summed E-state index contributed by atoms with van der Waals surface area (Å²) in [5.41, 5.74) is 1.01. The summed E-state index contributed by atoms with van der Waals surface area (Å²) in [5, 5.41) is 2.84. The van der Waals surface area contributed by atoms with Gasteiger partial charge in [0.25, 0.3) is 0 Å². The zero-order valence-corrected chi connectivity index (χ0v) is 13.1. The molecule has 0 bridgehead atoms. The van der Waals surface area contributed by atoms with Crippen LogP contribution in [0.25, 0.3) is 0 Å². The monoisotopic (exact) mass is 310 g/mol. The number of nitrogens with zero attached hydrogens (tertiary/aromatic N) is 1. The van der Waals surface area contributed by atoms with E-state index in [0.29, 0.717) is 25.9 Å². The van der Waals surface area contributed by atoms with Crippen molar-refractivity contribution in [2.24, 2.45) is 0 Å². The van der Waals surface area contributed by atoms with E-state index in [1.54, 1.807) is 0 Å². The highest BCUT2D eigenvalue weighted by molar-refractivity contribution is 7.89. The summed E-state index contributed by atoms with van der Waals surface area (Å²) < 4.78 is 25.7. The Bertz CT molecular complexity index is 572. The van der Waals surface area contributed by atoms with Crippen molar-refractivity contribution in [1.29, 1.82) is 0 Å². The third-order valence-electron chi connectivity index (χ3n) is 3.64. The molecule has 1 heterocycles. The molecule has 5 nitrogen and oxygen atoms in total. The molecule has 116 valence electrons. The van der Waals surface area contributed by atoms with Crippen LogP contribution in [0.3, 0.4) is 0 Å². The van der Waals surface area contributed by atoms with Crippen LogP contribution in [0.15, 0.2) is 30.3 Å². The third kappa shape index (κ3) is 4.04. The van der Waals surface area contributed by atoms with Gasteiger partial charge in [-0.1, -0.05) is 37.3 Å². The zero-order chi connectivity index (χ0) is 15.3. The van der Waals surface area contributed by atoms with Crippen LogP contribution < -0.4 is 5.32 Å². The number of amides is 1. The van der Waals surface area contributed by atoms with Gasteiger partial charge in [0.2, 0.25) is 15.9 Å². The molecular formula is C15H22N2O3S. The molecule has 2 rings (SSSR count). The molecule has 1 aromatic carbocycles. The van der Waals surface area contributed by atoms with E-state index in [2.05, 4.69) is 5.32 Å². The molecule has 1 fully saturated rings. The van der Waals surface area contributed by atoms with E-state index in [4.69, 9.17) is 0 Å². The molecule has 1 unspecified atom stereocenters. The summed E-state index contributed by atoms with van der Waals surface area (Å²) in [5.74, 6) is -0.0915. The van der Waals surface area contributed by atoms with Gasteiger partial charge in [0.05, 0.1) is 5.75 Å². The molecule has 1 amide bonds. The largest absolute Gasteiger partial charge is 0.351 e. The van der Waals surface area contributed by atoms with Gasteiger partial charge in [0.15, 0.2) is 0 Å². The molecule has 1 atom stereocenters. The van der Waals surface area contributed by atoms with E-state index in [1.165, 1.54) is 4.31 Å². The molecule has 21 heavy (non-hydrogen) atoms. The van der Waals surface area contributed by atoms with Crippen molar-refractivity contribution in [1.82, 2.24) is 9.62 Å². The normalized spacial score (nSPS) is 19.6. The second kappa shape index (κ2) is 7.04. The molecule has 0 aliphatic carbocycles. The zero-order valence-electron chi connectivity index (χ0n) is 12.3. The first-order chi connectivity index (χ1) is 10.0. The molecule has 6 heteroatoms. The van der Waals surface area contributed by atoms with Crippen LogP contribution in [0.2, 0.25) is 0 Å². The average Bonchev–Trinajstić information content (AvgIpc) is 2.96. The number of sulfonamides is 1. The Morgan fingerprint density at radius 1 is 1.33 bits per heavy atom. The summed E-state index contributed by atoms with van der Waals surface area (Å²) in [6.07, 6.45) is 1.91. The Kier molecular flexibility index (Phi) is 5.36. The fourth-order valence-electron chi connectivity index (χ4n) is 2.61. The van der Waals surface area contributed by atoms with Crippen molar-refractivity contribution in [3.05, 3.63) is 35.9 Å². The highest BCUT2D eigenvalue weighted by Crippen LogP contribution is 2.22. The molecule has 1 saturated heterocycles. The Balaban J connectivity index is 1.98. The lowest BCUT2D eigenvalue weighted by atomic mass is 10.2. The maximum atomic E-state index is 12.3. The number of benzene rings is 1. The summed E-state index contributed by atoms with van der Waals surface area (Å²) in [6.45, 7) is 2.71. The van der Waals surface area contributed by atoms with Gasteiger partial charge in [-0.25, -0.2) is 8.42 Å². The van der Waals surface area contributed by atoms with Crippen LogP contribution in [0.5, 0.6) is 0 Å². The molecular weight excluding hydrogens is 288 g/mol. The van der Waals surface area contributed by atoms with E-state index >= 15 is 0 Å². The van der Waals surface area contributed by atoms with Gasteiger partial charge in [0, 0.05) is 13.1 Å². The minimum atomic E-state index is -3.31.